The van der Waals surface area contributed by atoms with E-state index in [1.807, 2.05) is 30.3 Å². The van der Waals surface area contributed by atoms with Crippen LogP contribution < -0.4 is 15.0 Å². The first-order chi connectivity index (χ1) is 12.9. The fourth-order valence-corrected chi connectivity index (χ4v) is 4.08. The molecule has 140 valence electrons. The Bertz CT molecular complexity index is 1070. The number of H-pyrrole nitrogens is 1. The fraction of sp³-hybridized carbons (Fsp3) is 0.158. The molecule has 0 aliphatic rings. The van der Waals surface area contributed by atoms with E-state index in [9.17, 15) is 13.2 Å². The molecule has 0 aliphatic carbocycles. The normalized spacial score (nSPS) is 12.5. The van der Waals surface area contributed by atoms with E-state index in [1.54, 1.807) is 19.1 Å². The van der Waals surface area contributed by atoms with Crippen molar-refractivity contribution >= 4 is 10.0 Å². The third kappa shape index (κ3) is 4.24. The highest BCUT2D eigenvalue weighted by molar-refractivity contribution is 7.89. The highest BCUT2D eigenvalue weighted by Gasteiger charge is 2.23. The second kappa shape index (κ2) is 7.73. The van der Waals surface area contributed by atoms with Crippen molar-refractivity contribution in [1.82, 2.24) is 14.9 Å². The molecule has 2 N–H and O–H groups in total. The van der Waals surface area contributed by atoms with Gasteiger partial charge in [-0.3, -0.25) is 4.79 Å². The summed E-state index contributed by atoms with van der Waals surface area (Å²) in [6.07, 6.45) is 0. The maximum Gasteiger partial charge on any atom is 0.264 e. The Labute approximate surface area is 157 Å². The van der Waals surface area contributed by atoms with Crippen molar-refractivity contribution in [2.24, 2.45) is 0 Å². The minimum Gasteiger partial charge on any atom is -0.495 e. The van der Waals surface area contributed by atoms with Gasteiger partial charge in [0.2, 0.25) is 10.0 Å². The summed E-state index contributed by atoms with van der Waals surface area (Å²) in [5.41, 5.74) is 1.50. The lowest BCUT2D eigenvalue weighted by Gasteiger charge is -2.17. The van der Waals surface area contributed by atoms with Crippen molar-refractivity contribution < 1.29 is 13.2 Å². The summed E-state index contributed by atoms with van der Waals surface area (Å²) < 4.78 is 33.8. The Hall–Kier alpha value is -2.97. The van der Waals surface area contributed by atoms with Crippen LogP contribution in [0.5, 0.6) is 5.75 Å². The number of sulfonamides is 1. The zero-order valence-corrected chi connectivity index (χ0v) is 15.7. The molecule has 0 spiro atoms. The molecule has 8 heteroatoms. The molecular formula is C19H19N3O4S. The predicted octanol–water partition coefficient (Wildman–Crippen LogP) is 2.49. The Morgan fingerprint density at radius 1 is 1.07 bits per heavy atom. The van der Waals surface area contributed by atoms with Crippen molar-refractivity contribution in [3.8, 4) is 17.0 Å². The zero-order chi connectivity index (χ0) is 19.4. The summed E-state index contributed by atoms with van der Waals surface area (Å²) in [4.78, 5) is 11.2. The number of nitrogens with zero attached hydrogens (tertiary/aromatic N) is 1. The molecule has 2 aromatic carbocycles. The molecular weight excluding hydrogens is 366 g/mol. The molecule has 1 aromatic heterocycles. The zero-order valence-electron chi connectivity index (χ0n) is 14.8. The predicted molar refractivity (Wildman–Crippen MR) is 102 cm³/mol. The molecule has 0 saturated heterocycles. The molecule has 0 radical (unpaired) electrons. The smallest absolute Gasteiger partial charge is 0.264 e. The molecule has 0 aliphatic heterocycles. The van der Waals surface area contributed by atoms with E-state index in [-0.39, 0.29) is 16.2 Å². The van der Waals surface area contributed by atoms with Crippen LogP contribution in [0.15, 0.2) is 70.4 Å². The molecule has 3 rings (SSSR count). The fourth-order valence-electron chi connectivity index (χ4n) is 2.66. The van der Waals surface area contributed by atoms with Gasteiger partial charge in [0.1, 0.15) is 10.6 Å². The first-order valence-corrected chi connectivity index (χ1v) is 9.70. The SMILES string of the molecule is COc1ccc(-c2ccc(=O)[nH]n2)cc1S(=O)(=O)NC(C)c1ccccc1. The second-order valence-corrected chi connectivity index (χ2v) is 7.61. The van der Waals surface area contributed by atoms with Gasteiger partial charge in [0.15, 0.2) is 0 Å². The maximum absolute atomic E-state index is 13.0. The van der Waals surface area contributed by atoms with Crippen LogP contribution in [0.1, 0.15) is 18.5 Å². The lowest BCUT2D eigenvalue weighted by molar-refractivity contribution is 0.402. The van der Waals surface area contributed by atoms with Crippen LogP contribution in [-0.4, -0.2) is 25.7 Å². The monoisotopic (exact) mass is 385 g/mol. The lowest BCUT2D eigenvalue weighted by Crippen LogP contribution is -2.27. The van der Waals surface area contributed by atoms with Gasteiger partial charge in [-0.1, -0.05) is 30.3 Å². The third-order valence-corrected chi connectivity index (χ3v) is 5.62. The lowest BCUT2D eigenvalue weighted by atomic mass is 10.1. The molecule has 0 saturated carbocycles. The molecule has 27 heavy (non-hydrogen) atoms. The second-order valence-electron chi connectivity index (χ2n) is 5.93. The van der Waals surface area contributed by atoms with E-state index < -0.39 is 16.1 Å². The topological polar surface area (TPSA) is 101 Å². The Kier molecular flexibility index (Phi) is 5.38. The Morgan fingerprint density at radius 3 is 2.44 bits per heavy atom. The van der Waals surface area contributed by atoms with E-state index in [1.165, 1.54) is 25.3 Å². The van der Waals surface area contributed by atoms with Gasteiger partial charge in [-0.05, 0) is 36.8 Å². The van der Waals surface area contributed by atoms with Gasteiger partial charge in [0, 0.05) is 17.7 Å². The summed E-state index contributed by atoms with van der Waals surface area (Å²) in [7, 11) is -2.45. The van der Waals surface area contributed by atoms with Crippen molar-refractivity contribution in [2.75, 3.05) is 7.11 Å². The van der Waals surface area contributed by atoms with Gasteiger partial charge in [-0.15, -0.1) is 0 Å². The highest BCUT2D eigenvalue weighted by Crippen LogP contribution is 2.29. The molecule has 3 aromatic rings. The van der Waals surface area contributed by atoms with Crippen LogP contribution in [0.3, 0.4) is 0 Å². The summed E-state index contributed by atoms with van der Waals surface area (Å²) in [5.74, 6) is 0.218. The number of aromatic amines is 1. The van der Waals surface area contributed by atoms with Crippen LogP contribution in [0, 0.1) is 0 Å². The van der Waals surface area contributed by atoms with Crippen molar-refractivity contribution in [3.05, 3.63) is 76.6 Å². The van der Waals surface area contributed by atoms with Crippen LogP contribution >= 0.6 is 0 Å². The Morgan fingerprint density at radius 2 is 1.81 bits per heavy atom. The van der Waals surface area contributed by atoms with Crippen LogP contribution in [0.2, 0.25) is 0 Å². The maximum atomic E-state index is 13.0. The molecule has 0 bridgehead atoms. The van der Waals surface area contributed by atoms with Gasteiger partial charge < -0.3 is 4.74 Å². The first kappa shape index (κ1) is 18.8. The average molecular weight is 385 g/mol. The summed E-state index contributed by atoms with van der Waals surface area (Å²) >= 11 is 0. The van der Waals surface area contributed by atoms with Crippen molar-refractivity contribution in [3.63, 3.8) is 0 Å². The summed E-state index contributed by atoms with van der Waals surface area (Å²) in [6, 6.07) is 16.4. The number of hydrogen-bond donors (Lipinski definition) is 2. The standard InChI is InChI=1S/C19H19N3O4S/c1-13(14-6-4-3-5-7-14)22-27(24,25)18-12-15(8-10-17(18)26-2)16-9-11-19(23)21-20-16/h3-13,22H,1-2H3,(H,21,23). The van der Waals surface area contributed by atoms with Crippen molar-refractivity contribution in [1.29, 1.82) is 0 Å². The number of ether oxygens (including phenoxy) is 1. The van der Waals surface area contributed by atoms with E-state index in [0.717, 1.165) is 5.56 Å². The molecule has 1 heterocycles. The molecule has 7 nitrogen and oxygen atoms in total. The van der Waals surface area contributed by atoms with Crippen LogP contribution in [-0.2, 0) is 10.0 Å². The van der Waals surface area contributed by atoms with E-state index >= 15 is 0 Å². The molecule has 0 amide bonds. The van der Waals surface area contributed by atoms with Gasteiger partial charge in [-0.25, -0.2) is 18.2 Å². The third-order valence-electron chi connectivity index (χ3n) is 4.06. The molecule has 1 atom stereocenters. The summed E-state index contributed by atoms with van der Waals surface area (Å²) in [6.45, 7) is 1.77. The van der Waals surface area contributed by atoms with Gasteiger partial charge >= 0.3 is 0 Å². The number of methoxy groups -OCH3 is 1. The number of hydrogen-bond acceptors (Lipinski definition) is 5. The van der Waals surface area contributed by atoms with E-state index in [4.69, 9.17) is 4.74 Å². The minimum atomic E-state index is -3.86. The number of nitrogens with one attached hydrogen (secondary N) is 2. The molecule has 0 fully saturated rings. The van der Waals surface area contributed by atoms with Gasteiger partial charge in [-0.2, -0.15) is 5.10 Å². The van der Waals surface area contributed by atoms with Gasteiger partial charge in [0.25, 0.3) is 5.56 Å². The largest absolute Gasteiger partial charge is 0.495 e. The minimum absolute atomic E-state index is 0.00159. The highest BCUT2D eigenvalue weighted by atomic mass is 32.2. The van der Waals surface area contributed by atoms with Crippen LogP contribution in [0.4, 0.5) is 0 Å². The number of rotatable bonds is 6. The van der Waals surface area contributed by atoms with Crippen molar-refractivity contribution in [2.45, 2.75) is 17.9 Å². The number of benzene rings is 2. The average Bonchev–Trinajstić information content (AvgIpc) is 2.68. The van der Waals surface area contributed by atoms with Crippen LogP contribution in [0.25, 0.3) is 11.3 Å². The van der Waals surface area contributed by atoms with E-state index in [0.29, 0.717) is 11.3 Å². The Balaban J connectivity index is 1.99. The van der Waals surface area contributed by atoms with E-state index in [2.05, 4.69) is 14.9 Å². The first-order valence-electron chi connectivity index (χ1n) is 8.22. The van der Waals surface area contributed by atoms with Gasteiger partial charge in [0.05, 0.1) is 12.8 Å². The number of aromatic nitrogens is 2. The molecule has 1 unspecified atom stereocenters. The quantitative estimate of drug-likeness (QED) is 0.679. The summed E-state index contributed by atoms with van der Waals surface area (Å²) in [5, 5.41) is 6.28.